The molecule has 1 aliphatic rings. The highest BCUT2D eigenvalue weighted by Crippen LogP contribution is 2.21. The second kappa shape index (κ2) is 4.09. The number of likely N-dealkylation sites (tertiary alicyclic amines) is 1. The molecule has 1 saturated heterocycles. The number of carbonyl (C=O) groups excluding carboxylic acids is 2. The summed E-state index contributed by atoms with van der Waals surface area (Å²) in [6, 6.07) is 0. The Labute approximate surface area is 83.9 Å². The molecule has 0 bridgehead atoms. The number of piperidine rings is 1. The van der Waals surface area contributed by atoms with Crippen LogP contribution in [-0.2, 0) is 9.59 Å². The lowest BCUT2D eigenvalue weighted by Crippen LogP contribution is -2.45. The molecule has 1 aliphatic heterocycles. The van der Waals surface area contributed by atoms with Gasteiger partial charge in [0.15, 0.2) is 0 Å². The summed E-state index contributed by atoms with van der Waals surface area (Å²) in [5.74, 6) is -0.222. The molecule has 4 nitrogen and oxygen atoms in total. The third-order valence-electron chi connectivity index (χ3n) is 2.59. The second-order valence-corrected chi connectivity index (χ2v) is 4.26. The second-order valence-electron chi connectivity index (χ2n) is 4.26. The first-order chi connectivity index (χ1) is 6.41. The van der Waals surface area contributed by atoms with Crippen LogP contribution in [0.3, 0.4) is 0 Å². The number of ketones is 1. The van der Waals surface area contributed by atoms with E-state index in [2.05, 4.69) is 0 Å². The van der Waals surface area contributed by atoms with Gasteiger partial charge >= 0.3 is 0 Å². The minimum Gasteiger partial charge on any atom is -0.390 e. The van der Waals surface area contributed by atoms with E-state index in [0.717, 1.165) is 0 Å². The van der Waals surface area contributed by atoms with Crippen molar-refractivity contribution in [1.29, 1.82) is 0 Å². The number of hydrogen-bond donors (Lipinski definition) is 1. The quantitative estimate of drug-likeness (QED) is 0.652. The van der Waals surface area contributed by atoms with Gasteiger partial charge in [0.2, 0.25) is 5.91 Å². The van der Waals surface area contributed by atoms with Crippen LogP contribution in [0.5, 0.6) is 0 Å². The summed E-state index contributed by atoms with van der Waals surface area (Å²) in [4.78, 5) is 23.8. The van der Waals surface area contributed by atoms with Crippen LogP contribution in [0.2, 0.25) is 0 Å². The van der Waals surface area contributed by atoms with Gasteiger partial charge < -0.3 is 10.0 Å². The molecule has 0 unspecified atom stereocenters. The van der Waals surface area contributed by atoms with E-state index >= 15 is 0 Å². The predicted molar refractivity (Wildman–Crippen MR) is 51.7 cm³/mol. The maximum absolute atomic E-state index is 11.4. The Balaban J connectivity index is 2.42. The SMILES string of the molecule is CC(=O)CC(=O)N1CCC(C)(O)CC1. The van der Waals surface area contributed by atoms with Gasteiger partial charge in [-0.05, 0) is 26.7 Å². The first-order valence-corrected chi connectivity index (χ1v) is 4.90. The minimum atomic E-state index is -0.646. The summed E-state index contributed by atoms with van der Waals surface area (Å²) in [7, 11) is 0. The van der Waals surface area contributed by atoms with Crippen molar-refractivity contribution in [3.8, 4) is 0 Å². The van der Waals surface area contributed by atoms with Crippen LogP contribution in [0.1, 0.15) is 33.1 Å². The molecule has 1 rings (SSSR count). The maximum atomic E-state index is 11.4. The highest BCUT2D eigenvalue weighted by molar-refractivity contribution is 5.96. The number of aliphatic hydroxyl groups is 1. The first kappa shape index (κ1) is 11.2. The van der Waals surface area contributed by atoms with E-state index in [1.54, 1.807) is 11.8 Å². The van der Waals surface area contributed by atoms with Crippen molar-refractivity contribution in [1.82, 2.24) is 4.90 Å². The molecule has 14 heavy (non-hydrogen) atoms. The molecular weight excluding hydrogens is 182 g/mol. The van der Waals surface area contributed by atoms with E-state index in [4.69, 9.17) is 0 Å². The smallest absolute Gasteiger partial charge is 0.230 e. The van der Waals surface area contributed by atoms with E-state index in [9.17, 15) is 14.7 Å². The normalized spacial score (nSPS) is 20.6. The Morgan fingerprint density at radius 3 is 2.29 bits per heavy atom. The van der Waals surface area contributed by atoms with Crippen molar-refractivity contribution in [2.75, 3.05) is 13.1 Å². The third-order valence-corrected chi connectivity index (χ3v) is 2.59. The van der Waals surface area contributed by atoms with Crippen molar-refractivity contribution >= 4 is 11.7 Å². The average molecular weight is 199 g/mol. The standard InChI is InChI=1S/C10H17NO3/c1-8(12)7-9(13)11-5-3-10(2,14)4-6-11/h14H,3-7H2,1-2H3. The molecule has 0 atom stereocenters. The van der Waals surface area contributed by atoms with Crippen LogP contribution in [0.25, 0.3) is 0 Å². The van der Waals surface area contributed by atoms with Crippen LogP contribution >= 0.6 is 0 Å². The molecule has 0 aliphatic carbocycles. The van der Waals surface area contributed by atoms with Gasteiger partial charge in [0.1, 0.15) is 5.78 Å². The van der Waals surface area contributed by atoms with E-state index in [1.165, 1.54) is 6.92 Å². The first-order valence-electron chi connectivity index (χ1n) is 4.90. The molecule has 4 heteroatoms. The topological polar surface area (TPSA) is 57.6 Å². The van der Waals surface area contributed by atoms with Gasteiger partial charge in [-0.25, -0.2) is 0 Å². The van der Waals surface area contributed by atoms with Crippen LogP contribution in [-0.4, -0.2) is 40.4 Å². The Morgan fingerprint density at radius 1 is 1.36 bits per heavy atom. The van der Waals surface area contributed by atoms with E-state index in [0.29, 0.717) is 25.9 Å². The molecule has 1 fully saturated rings. The van der Waals surface area contributed by atoms with Gasteiger partial charge in [-0.3, -0.25) is 9.59 Å². The molecular formula is C10H17NO3. The van der Waals surface area contributed by atoms with Crippen LogP contribution < -0.4 is 0 Å². The number of Topliss-reactive ketones (excluding diaryl/α,β-unsaturated/α-hetero) is 1. The van der Waals surface area contributed by atoms with Crippen molar-refractivity contribution in [2.45, 2.75) is 38.7 Å². The largest absolute Gasteiger partial charge is 0.390 e. The molecule has 80 valence electrons. The minimum absolute atomic E-state index is 0.0118. The van der Waals surface area contributed by atoms with Crippen molar-refractivity contribution in [3.63, 3.8) is 0 Å². The predicted octanol–water partition coefficient (Wildman–Crippen LogP) is 0.339. The zero-order valence-electron chi connectivity index (χ0n) is 8.75. The summed E-state index contributed by atoms with van der Waals surface area (Å²) in [5, 5.41) is 9.65. The molecule has 0 aromatic rings. The maximum Gasteiger partial charge on any atom is 0.230 e. The van der Waals surface area contributed by atoms with Gasteiger partial charge in [-0.15, -0.1) is 0 Å². The number of carbonyl (C=O) groups is 2. The Hall–Kier alpha value is -0.900. The van der Waals surface area contributed by atoms with Gasteiger partial charge in [0, 0.05) is 13.1 Å². The van der Waals surface area contributed by atoms with E-state index < -0.39 is 5.60 Å². The van der Waals surface area contributed by atoms with Crippen molar-refractivity contribution < 1.29 is 14.7 Å². The van der Waals surface area contributed by atoms with E-state index in [-0.39, 0.29) is 18.1 Å². The van der Waals surface area contributed by atoms with Gasteiger partial charge in [0.05, 0.1) is 12.0 Å². The summed E-state index contributed by atoms with van der Waals surface area (Å²) < 4.78 is 0. The Kier molecular flexibility index (Phi) is 3.26. The summed E-state index contributed by atoms with van der Waals surface area (Å²) >= 11 is 0. The van der Waals surface area contributed by atoms with Crippen molar-refractivity contribution in [3.05, 3.63) is 0 Å². The average Bonchev–Trinajstić information content (AvgIpc) is 2.02. The fraction of sp³-hybridized carbons (Fsp3) is 0.800. The molecule has 0 aromatic heterocycles. The highest BCUT2D eigenvalue weighted by atomic mass is 16.3. The molecule has 1 heterocycles. The zero-order valence-corrected chi connectivity index (χ0v) is 8.75. The molecule has 0 aromatic carbocycles. The highest BCUT2D eigenvalue weighted by Gasteiger charge is 2.29. The summed E-state index contributed by atoms with van der Waals surface area (Å²) in [5.41, 5.74) is -0.646. The van der Waals surface area contributed by atoms with Gasteiger partial charge in [0.25, 0.3) is 0 Å². The molecule has 1 amide bonds. The van der Waals surface area contributed by atoms with Gasteiger partial charge in [-0.1, -0.05) is 0 Å². The van der Waals surface area contributed by atoms with Crippen LogP contribution in [0.15, 0.2) is 0 Å². The molecule has 0 spiro atoms. The monoisotopic (exact) mass is 199 g/mol. The fourth-order valence-corrected chi connectivity index (χ4v) is 1.56. The number of amides is 1. The lowest BCUT2D eigenvalue weighted by molar-refractivity contribution is -0.137. The molecule has 0 saturated carbocycles. The molecule has 1 N–H and O–H groups in total. The van der Waals surface area contributed by atoms with Crippen LogP contribution in [0, 0.1) is 0 Å². The van der Waals surface area contributed by atoms with Gasteiger partial charge in [-0.2, -0.15) is 0 Å². The van der Waals surface area contributed by atoms with Crippen molar-refractivity contribution in [2.24, 2.45) is 0 Å². The zero-order chi connectivity index (χ0) is 10.8. The number of nitrogens with zero attached hydrogens (tertiary/aromatic N) is 1. The van der Waals surface area contributed by atoms with E-state index in [1.807, 2.05) is 0 Å². The lowest BCUT2D eigenvalue weighted by Gasteiger charge is -2.35. The third kappa shape index (κ3) is 3.10. The molecule has 0 radical (unpaired) electrons. The Morgan fingerprint density at radius 2 is 1.86 bits per heavy atom. The summed E-state index contributed by atoms with van der Waals surface area (Å²) in [6.45, 7) is 4.30. The fourth-order valence-electron chi connectivity index (χ4n) is 1.56. The summed E-state index contributed by atoms with van der Waals surface area (Å²) in [6.07, 6.45) is 1.18. The lowest BCUT2D eigenvalue weighted by atomic mass is 9.93. The Bertz CT molecular complexity index is 238. The van der Waals surface area contributed by atoms with Crippen LogP contribution in [0.4, 0.5) is 0 Å². The number of rotatable bonds is 2. The number of hydrogen-bond acceptors (Lipinski definition) is 3.